The molecule has 0 amide bonds. The zero-order valence-electron chi connectivity index (χ0n) is 11.0. The molecule has 2 rings (SSSR count). The van der Waals surface area contributed by atoms with E-state index >= 15 is 0 Å². The molecule has 0 bridgehead atoms. The van der Waals surface area contributed by atoms with Crippen LogP contribution in [0, 0.1) is 5.82 Å². The normalized spacial score (nSPS) is 10.5. The number of carbonyl (C=O) groups is 1. The van der Waals surface area contributed by atoms with Crippen molar-refractivity contribution in [3.05, 3.63) is 58.1 Å². The number of pyridine rings is 1. The van der Waals surface area contributed by atoms with Gasteiger partial charge in [0.05, 0.1) is 5.69 Å². The molecule has 0 aliphatic rings. The van der Waals surface area contributed by atoms with Crippen molar-refractivity contribution in [2.24, 2.45) is 0 Å². The summed E-state index contributed by atoms with van der Waals surface area (Å²) < 4.78 is 14.4. The molecule has 20 heavy (non-hydrogen) atoms. The van der Waals surface area contributed by atoms with Gasteiger partial charge in [0.15, 0.2) is 0 Å². The summed E-state index contributed by atoms with van der Waals surface area (Å²) in [6, 6.07) is 8.61. The Labute approximate surface area is 115 Å². The van der Waals surface area contributed by atoms with Gasteiger partial charge in [0, 0.05) is 6.54 Å². The summed E-state index contributed by atoms with van der Waals surface area (Å²) in [6.07, 6.45) is 0.692. The van der Waals surface area contributed by atoms with Crippen molar-refractivity contribution in [2.75, 3.05) is 0 Å². The van der Waals surface area contributed by atoms with Gasteiger partial charge in [0.1, 0.15) is 11.4 Å². The van der Waals surface area contributed by atoms with Gasteiger partial charge >= 0.3 is 5.97 Å². The van der Waals surface area contributed by atoms with Gasteiger partial charge < -0.3 is 9.67 Å². The third-order valence-corrected chi connectivity index (χ3v) is 2.99. The van der Waals surface area contributed by atoms with Crippen LogP contribution in [0.15, 0.2) is 41.2 Å². The molecule has 1 aromatic heterocycles. The molecule has 0 saturated heterocycles. The van der Waals surface area contributed by atoms with E-state index in [9.17, 15) is 14.0 Å². The molecule has 0 spiro atoms. The van der Waals surface area contributed by atoms with E-state index in [-0.39, 0.29) is 11.4 Å². The first kappa shape index (κ1) is 14.0. The molecule has 5 heteroatoms. The molecule has 0 fully saturated rings. The maximum Gasteiger partial charge on any atom is 0.341 e. The van der Waals surface area contributed by atoms with Crippen LogP contribution in [0.2, 0.25) is 0 Å². The number of carboxylic acids is 1. The summed E-state index contributed by atoms with van der Waals surface area (Å²) in [5.41, 5.74) is 0.459. The number of halogens is 1. The lowest BCUT2D eigenvalue weighted by molar-refractivity contribution is 0.0694. The number of carboxylic acid groups (broad SMARTS) is 1. The minimum absolute atomic E-state index is 0.260. The number of benzene rings is 1. The second-order valence-corrected chi connectivity index (χ2v) is 4.40. The lowest BCUT2D eigenvalue weighted by Crippen LogP contribution is -2.27. The lowest BCUT2D eigenvalue weighted by atomic mass is 10.1. The van der Waals surface area contributed by atoms with E-state index in [2.05, 4.69) is 0 Å². The Morgan fingerprint density at radius 1 is 1.20 bits per heavy atom. The molecule has 0 aliphatic heterocycles. The van der Waals surface area contributed by atoms with Crippen LogP contribution in [0.25, 0.3) is 11.3 Å². The average molecular weight is 275 g/mol. The molecule has 1 heterocycles. The highest BCUT2D eigenvalue weighted by molar-refractivity contribution is 5.87. The van der Waals surface area contributed by atoms with E-state index in [0.29, 0.717) is 24.2 Å². The molecule has 104 valence electrons. The van der Waals surface area contributed by atoms with E-state index in [4.69, 9.17) is 5.11 Å². The second kappa shape index (κ2) is 5.69. The van der Waals surface area contributed by atoms with Crippen LogP contribution in [-0.2, 0) is 6.54 Å². The topological polar surface area (TPSA) is 59.3 Å². The highest BCUT2D eigenvalue weighted by atomic mass is 19.1. The maximum atomic E-state index is 13.0. The quantitative estimate of drug-likeness (QED) is 0.933. The maximum absolute atomic E-state index is 13.0. The third-order valence-electron chi connectivity index (χ3n) is 2.99. The van der Waals surface area contributed by atoms with Crippen molar-refractivity contribution in [3.8, 4) is 11.3 Å². The van der Waals surface area contributed by atoms with Gasteiger partial charge in [-0.05, 0) is 48.4 Å². The molecule has 1 N–H and O–H groups in total. The van der Waals surface area contributed by atoms with Crippen LogP contribution in [-0.4, -0.2) is 15.6 Å². The molecular weight excluding hydrogens is 261 g/mol. The molecule has 1 aromatic carbocycles. The van der Waals surface area contributed by atoms with Gasteiger partial charge in [0.25, 0.3) is 5.56 Å². The highest BCUT2D eigenvalue weighted by Crippen LogP contribution is 2.19. The summed E-state index contributed by atoms with van der Waals surface area (Å²) in [4.78, 5) is 23.2. The fourth-order valence-corrected chi connectivity index (χ4v) is 2.06. The molecule has 4 nitrogen and oxygen atoms in total. The third kappa shape index (κ3) is 2.61. The van der Waals surface area contributed by atoms with Crippen molar-refractivity contribution < 1.29 is 14.3 Å². The smallest absolute Gasteiger partial charge is 0.341 e. The number of hydrogen-bond acceptors (Lipinski definition) is 2. The van der Waals surface area contributed by atoms with E-state index in [1.165, 1.54) is 22.8 Å². The van der Waals surface area contributed by atoms with E-state index in [1.54, 1.807) is 18.2 Å². The predicted molar refractivity (Wildman–Crippen MR) is 73.3 cm³/mol. The number of hydrogen-bond donors (Lipinski definition) is 1. The van der Waals surface area contributed by atoms with Crippen LogP contribution in [0.5, 0.6) is 0 Å². The Kier molecular flexibility index (Phi) is 3.98. The zero-order chi connectivity index (χ0) is 14.7. The van der Waals surface area contributed by atoms with E-state index < -0.39 is 11.5 Å². The molecule has 0 unspecified atom stereocenters. The van der Waals surface area contributed by atoms with Crippen molar-refractivity contribution in [1.82, 2.24) is 4.57 Å². The molecule has 0 aliphatic carbocycles. The number of aromatic nitrogens is 1. The van der Waals surface area contributed by atoms with Gasteiger partial charge in [-0.3, -0.25) is 4.79 Å². The molecule has 0 atom stereocenters. The first-order valence-corrected chi connectivity index (χ1v) is 6.27. The Balaban J connectivity index is 2.64. The van der Waals surface area contributed by atoms with Gasteiger partial charge in [-0.25, -0.2) is 9.18 Å². The Hall–Kier alpha value is -2.43. The summed E-state index contributed by atoms with van der Waals surface area (Å²) in [6.45, 7) is 2.31. The summed E-state index contributed by atoms with van der Waals surface area (Å²) in [7, 11) is 0. The molecule has 2 aromatic rings. The standard InChI is InChI=1S/C15H14FNO3/c1-2-9-17-13(10-3-5-11(16)6-4-10)8-7-12(14(17)18)15(19)20/h3-8H,2,9H2,1H3,(H,19,20). The fraction of sp³-hybridized carbons (Fsp3) is 0.200. The SMILES string of the molecule is CCCn1c(-c2ccc(F)cc2)ccc(C(=O)O)c1=O. The number of aromatic carboxylic acids is 1. The van der Waals surface area contributed by atoms with Crippen molar-refractivity contribution in [1.29, 1.82) is 0 Å². The zero-order valence-corrected chi connectivity index (χ0v) is 11.0. The fourth-order valence-electron chi connectivity index (χ4n) is 2.06. The minimum atomic E-state index is -1.24. The summed E-state index contributed by atoms with van der Waals surface area (Å²) >= 11 is 0. The minimum Gasteiger partial charge on any atom is -0.477 e. The van der Waals surface area contributed by atoms with Crippen molar-refractivity contribution >= 4 is 5.97 Å². The largest absolute Gasteiger partial charge is 0.477 e. The lowest BCUT2D eigenvalue weighted by Gasteiger charge is -2.13. The second-order valence-electron chi connectivity index (χ2n) is 4.40. The first-order chi connectivity index (χ1) is 9.54. The Morgan fingerprint density at radius 2 is 1.85 bits per heavy atom. The predicted octanol–water partition coefficient (Wildman–Crippen LogP) is 2.76. The molecule has 0 radical (unpaired) electrons. The highest BCUT2D eigenvalue weighted by Gasteiger charge is 2.14. The van der Waals surface area contributed by atoms with Crippen LogP contribution >= 0.6 is 0 Å². The average Bonchev–Trinajstić information content (AvgIpc) is 2.42. The van der Waals surface area contributed by atoms with Gasteiger partial charge in [-0.2, -0.15) is 0 Å². The van der Waals surface area contributed by atoms with Crippen molar-refractivity contribution in [2.45, 2.75) is 19.9 Å². The Morgan fingerprint density at radius 3 is 2.40 bits per heavy atom. The van der Waals surface area contributed by atoms with E-state index in [0.717, 1.165) is 0 Å². The van der Waals surface area contributed by atoms with Crippen LogP contribution in [0.1, 0.15) is 23.7 Å². The van der Waals surface area contributed by atoms with Crippen LogP contribution in [0.3, 0.4) is 0 Å². The van der Waals surface area contributed by atoms with Gasteiger partial charge in [-0.15, -0.1) is 0 Å². The summed E-state index contributed by atoms with van der Waals surface area (Å²) in [5.74, 6) is -1.61. The summed E-state index contributed by atoms with van der Waals surface area (Å²) in [5, 5.41) is 8.99. The molecule has 0 saturated carbocycles. The first-order valence-electron chi connectivity index (χ1n) is 6.27. The monoisotopic (exact) mass is 275 g/mol. The van der Waals surface area contributed by atoms with E-state index in [1.807, 2.05) is 6.92 Å². The van der Waals surface area contributed by atoms with Crippen LogP contribution < -0.4 is 5.56 Å². The van der Waals surface area contributed by atoms with Gasteiger partial charge in [-0.1, -0.05) is 6.92 Å². The number of nitrogens with zero attached hydrogens (tertiary/aromatic N) is 1. The van der Waals surface area contributed by atoms with Crippen LogP contribution in [0.4, 0.5) is 4.39 Å². The molecular formula is C15H14FNO3. The Bertz CT molecular complexity index is 689. The van der Waals surface area contributed by atoms with Gasteiger partial charge in [0.2, 0.25) is 0 Å². The van der Waals surface area contributed by atoms with Crippen molar-refractivity contribution in [3.63, 3.8) is 0 Å². The number of rotatable bonds is 4.